The average Bonchev–Trinajstić information content (AvgIpc) is 2.82. The zero-order valence-electron chi connectivity index (χ0n) is 9.52. The number of nitrogens with two attached hydrogens (primary N) is 1. The van der Waals surface area contributed by atoms with Gasteiger partial charge in [0.25, 0.3) is 0 Å². The zero-order chi connectivity index (χ0) is 12.1. The lowest BCUT2D eigenvalue weighted by Gasteiger charge is -2.11. The third kappa shape index (κ3) is 3.44. The Labute approximate surface area is 99.9 Å². The highest BCUT2D eigenvalue weighted by molar-refractivity contribution is 5.84. The van der Waals surface area contributed by atoms with E-state index in [2.05, 4.69) is 5.32 Å². The molecule has 0 bridgehead atoms. The van der Waals surface area contributed by atoms with E-state index in [9.17, 15) is 4.79 Å². The molecule has 0 aromatic heterocycles. The molecule has 1 fully saturated rings. The van der Waals surface area contributed by atoms with E-state index < -0.39 is 6.09 Å². The molecule has 1 atom stereocenters. The Kier molecular flexibility index (Phi) is 3.95. The van der Waals surface area contributed by atoms with Gasteiger partial charge in [0.2, 0.25) is 0 Å². The molecule has 5 nitrogen and oxygen atoms in total. The van der Waals surface area contributed by atoms with Crippen molar-refractivity contribution < 1.29 is 14.3 Å². The molecular formula is C12H16N2O3. The van der Waals surface area contributed by atoms with Crippen LogP contribution >= 0.6 is 0 Å². The fourth-order valence-electron chi connectivity index (χ4n) is 1.63. The Hall–Kier alpha value is -1.59. The monoisotopic (exact) mass is 236 g/mol. The average molecular weight is 236 g/mol. The second-order valence-corrected chi connectivity index (χ2v) is 3.92. The van der Waals surface area contributed by atoms with E-state index in [4.69, 9.17) is 15.2 Å². The van der Waals surface area contributed by atoms with Crippen LogP contribution in [-0.2, 0) is 16.0 Å². The van der Waals surface area contributed by atoms with Gasteiger partial charge in [0.1, 0.15) is 6.10 Å². The van der Waals surface area contributed by atoms with Gasteiger partial charge in [-0.1, -0.05) is 12.1 Å². The van der Waals surface area contributed by atoms with E-state index in [0.29, 0.717) is 25.4 Å². The number of carbonyl (C=O) groups is 1. The zero-order valence-corrected chi connectivity index (χ0v) is 9.52. The van der Waals surface area contributed by atoms with Crippen molar-refractivity contribution in [2.75, 3.05) is 18.5 Å². The minimum Gasteiger partial charge on any atom is -0.443 e. The molecule has 1 saturated heterocycles. The van der Waals surface area contributed by atoms with Gasteiger partial charge >= 0.3 is 6.09 Å². The fourth-order valence-corrected chi connectivity index (χ4v) is 1.63. The first kappa shape index (κ1) is 11.9. The smallest absolute Gasteiger partial charge is 0.411 e. The third-order valence-electron chi connectivity index (χ3n) is 2.60. The Morgan fingerprint density at radius 1 is 1.47 bits per heavy atom. The summed E-state index contributed by atoms with van der Waals surface area (Å²) in [5.41, 5.74) is 7.21. The molecule has 1 heterocycles. The van der Waals surface area contributed by atoms with E-state index in [1.807, 2.05) is 12.1 Å². The van der Waals surface area contributed by atoms with Crippen molar-refractivity contribution in [1.29, 1.82) is 0 Å². The van der Waals surface area contributed by atoms with Crippen molar-refractivity contribution >= 4 is 11.8 Å². The molecule has 1 aliphatic heterocycles. The second-order valence-electron chi connectivity index (χ2n) is 3.92. The van der Waals surface area contributed by atoms with Crippen LogP contribution in [0.15, 0.2) is 24.3 Å². The predicted molar refractivity (Wildman–Crippen MR) is 63.7 cm³/mol. The van der Waals surface area contributed by atoms with Gasteiger partial charge < -0.3 is 15.2 Å². The number of carbonyl (C=O) groups excluding carboxylic acids is 1. The van der Waals surface area contributed by atoms with E-state index in [0.717, 1.165) is 12.0 Å². The molecule has 1 aromatic rings. The SMILES string of the molecule is NCc1ccc(NC(=O)OC2CCOC2)cc1. The summed E-state index contributed by atoms with van der Waals surface area (Å²) in [4.78, 5) is 11.5. The van der Waals surface area contributed by atoms with Crippen LogP contribution in [0.4, 0.5) is 10.5 Å². The quantitative estimate of drug-likeness (QED) is 0.833. The molecule has 2 rings (SSSR count). The number of amides is 1. The molecule has 1 aromatic carbocycles. The summed E-state index contributed by atoms with van der Waals surface area (Å²) in [5, 5.41) is 2.66. The van der Waals surface area contributed by atoms with Gasteiger partial charge in [-0.25, -0.2) is 4.79 Å². The summed E-state index contributed by atoms with van der Waals surface area (Å²) < 4.78 is 10.3. The van der Waals surface area contributed by atoms with Crippen molar-refractivity contribution in [3.8, 4) is 0 Å². The predicted octanol–water partition coefficient (Wildman–Crippen LogP) is 1.48. The summed E-state index contributed by atoms with van der Waals surface area (Å²) in [6.07, 6.45) is 0.193. The fraction of sp³-hybridized carbons (Fsp3) is 0.417. The van der Waals surface area contributed by atoms with Crippen molar-refractivity contribution in [2.24, 2.45) is 5.73 Å². The molecule has 1 amide bonds. The molecule has 5 heteroatoms. The van der Waals surface area contributed by atoms with Gasteiger partial charge in [0.05, 0.1) is 13.2 Å². The first-order chi connectivity index (χ1) is 8.28. The van der Waals surface area contributed by atoms with Gasteiger partial charge in [0.15, 0.2) is 0 Å². The van der Waals surface area contributed by atoms with Crippen molar-refractivity contribution in [1.82, 2.24) is 0 Å². The molecule has 17 heavy (non-hydrogen) atoms. The van der Waals surface area contributed by atoms with E-state index in [1.54, 1.807) is 12.1 Å². The minimum absolute atomic E-state index is 0.127. The summed E-state index contributed by atoms with van der Waals surface area (Å²) in [6.45, 7) is 1.63. The molecular weight excluding hydrogens is 220 g/mol. The van der Waals surface area contributed by atoms with Crippen LogP contribution in [0.5, 0.6) is 0 Å². The van der Waals surface area contributed by atoms with Crippen LogP contribution in [0.2, 0.25) is 0 Å². The van der Waals surface area contributed by atoms with Crippen LogP contribution < -0.4 is 11.1 Å². The maximum atomic E-state index is 11.5. The maximum absolute atomic E-state index is 11.5. The third-order valence-corrected chi connectivity index (χ3v) is 2.60. The van der Waals surface area contributed by atoms with Gasteiger partial charge in [0, 0.05) is 18.7 Å². The largest absolute Gasteiger partial charge is 0.443 e. The topological polar surface area (TPSA) is 73.6 Å². The molecule has 1 unspecified atom stereocenters. The normalized spacial score (nSPS) is 19.0. The number of anilines is 1. The maximum Gasteiger partial charge on any atom is 0.411 e. The summed E-state index contributed by atoms with van der Waals surface area (Å²) in [7, 11) is 0. The summed E-state index contributed by atoms with van der Waals surface area (Å²) >= 11 is 0. The molecule has 0 spiro atoms. The van der Waals surface area contributed by atoms with Gasteiger partial charge in [-0.05, 0) is 17.7 Å². The van der Waals surface area contributed by atoms with E-state index in [1.165, 1.54) is 0 Å². The van der Waals surface area contributed by atoms with Gasteiger partial charge in [-0.2, -0.15) is 0 Å². The number of hydrogen-bond donors (Lipinski definition) is 2. The van der Waals surface area contributed by atoms with Crippen molar-refractivity contribution in [3.05, 3.63) is 29.8 Å². The first-order valence-corrected chi connectivity index (χ1v) is 5.62. The second kappa shape index (κ2) is 5.65. The lowest BCUT2D eigenvalue weighted by molar-refractivity contribution is 0.0932. The number of rotatable bonds is 3. The minimum atomic E-state index is -0.444. The number of hydrogen-bond acceptors (Lipinski definition) is 4. The number of benzene rings is 1. The highest BCUT2D eigenvalue weighted by Crippen LogP contribution is 2.12. The van der Waals surface area contributed by atoms with E-state index >= 15 is 0 Å². The van der Waals surface area contributed by atoms with Gasteiger partial charge in [-0.3, -0.25) is 5.32 Å². The Morgan fingerprint density at radius 2 is 2.24 bits per heavy atom. The van der Waals surface area contributed by atoms with Crippen molar-refractivity contribution in [3.63, 3.8) is 0 Å². The van der Waals surface area contributed by atoms with Crippen LogP contribution in [-0.4, -0.2) is 25.4 Å². The van der Waals surface area contributed by atoms with Crippen LogP contribution in [0.25, 0.3) is 0 Å². The Bertz CT molecular complexity index is 372. The van der Waals surface area contributed by atoms with Crippen LogP contribution in [0.1, 0.15) is 12.0 Å². The summed E-state index contributed by atoms with van der Waals surface area (Å²) in [6, 6.07) is 7.34. The Morgan fingerprint density at radius 3 is 2.82 bits per heavy atom. The highest BCUT2D eigenvalue weighted by Gasteiger charge is 2.19. The van der Waals surface area contributed by atoms with Crippen LogP contribution in [0.3, 0.4) is 0 Å². The van der Waals surface area contributed by atoms with E-state index in [-0.39, 0.29) is 6.10 Å². The highest BCUT2D eigenvalue weighted by atomic mass is 16.6. The lowest BCUT2D eigenvalue weighted by atomic mass is 10.2. The van der Waals surface area contributed by atoms with Crippen molar-refractivity contribution in [2.45, 2.75) is 19.1 Å². The lowest BCUT2D eigenvalue weighted by Crippen LogP contribution is -2.22. The Balaban J connectivity index is 1.84. The molecule has 3 N–H and O–H groups in total. The molecule has 0 aliphatic carbocycles. The standard InChI is InChI=1S/C12H16N2O3/c13-7-9-1-3-10(4-2-9)14-12(15)17-11-5-6-16-8-11/h1-4,11H,5-8,13H2,(H,14,15). The number of ether oxygens (including phenoxy) is 2. The first-order valence-electron chi connectivity index (χ1n) is 5.62. The molecule has 0 saturated carbocycles. The molecule has 92 valence electrons. The molecule has 1 aliphatic rings. The van der Waals surface area contributed by atoms with Gasteiger partial charge in [-0.15, -0.1) is 0 Å². The molecule has 0 radical (unpaired) electrons. The van der Waals surface area contributed by atoms with Crippen LogP contribution in [0, 0.1) is 0 Å². The summed E-state index contributed by atoms with van der Waals surface area (Å²) in [5.74, 6) is 0. The number of nitrogens with one attached hydrogen (secondary N) is 1.